The Hall–Kier alpha value is -1.86. The largest absolute Gasteiger partial charge is 0.355 e. The Morgan fingerprint density at radius 3 is 2.53 bits per heavy atom. The van der Waals surface area contributed by atoms with Crippen LogP contribution in [0.4, 0.5) is 17.5 Å². The quantitative estimate of drug-likeness (QED) is 0.664. The molecule has 2 aromatic rings. The van der Waals surface area contributed by atoms with Crippen LogP contribution in [0.2, 0.25) is 0 Å². The summed E-state index contributed by atoms with van der Waals surface area (Å²) in [5.74, 6) is 2.42. The second-order valence-corrected chi connectivity index (χ2v) is 9.38. The Balaban J connectivity index is 0.00000289. The highest BCUT2D eigenvalue weighted by Crippen LogP contribution is 2.26. The summed E-state index contributed by atoms with van der Waals surface area (Å²) in [4.78, 5) is 11.8. The summed E-state index contributed by atoms with van der Waals surface area (Å²) in [7, 11) is 1.91. The molecule has 0 saturated carbocycles. The summed E-state index contributed by atoms with van der Waals surface area (Å²) in [5.41, 5.74) is 0.911. The fraction of sp³-hybridized carbons (Fsp3) is 0.708. The van der Waals surface area contributed by atoms with Crippen LogP contribution in [0, 0.1) is 5.92 Å². The van der Waals surface area contributed by atoms with E-state index in [0.717, 1.165) is 37.1 Å². The summed E-state index contributed by atoms with van der Waals surface area (Å²) in [5, 5.41) is 11.4. The van der Waals surface area contributed by atoms with E-state index in [-0.39, 0.29) is 12.4 Å². The first-order valence-electron chi connectivity index (χ1n) is 12.3. The standard InChI is InChI=1S/C24H39N7.ClH/c1-30-18-22(16-27-30)28-24-26-15-13-23(29-24)31-17-20-10-8-6-4-2-3-5-7-9-14-25-21(19-31)12-11-20;/h13,15-16,18,20-21,25H,2-12,14,17,19H2,1H3,(H,26,28,29);1H/t20-,21+;/m0./s1. The normalized spacial score (nSPS) is 23.5. The van der Waals surface area contributed by atoms with Gasteiger partial charge in [-0.2, -0.15) is 10.1 Å². The van der Waals surface area contributed by atoms with E-state index in [1.807, 2.05) is 19.4 Å². The molecule has 2 bridgehead atoms. The first kappa shape index (κ1) is 24.8. The van der Waals surface area contributed by atoms with Gasteiger partial charge >= 0.3 is 0 Å². The second-order valence-electron chi connectivity index (χ2n) is 9.38. The Bertz CT molecular complexity index is 774. The molecule has 0 amide bonds. The molecule has 4 rings (SSSR count). The van der Waals surface area contributed by atoms with Gasteiger partial charge in [0.05, 0.1) is 11.9 Å². The number of nitrogens with zero attached hydrogens (tertiary/aromatic N) is 5. The predicted molar refractivity (Wildman–Crippen MR) is 134 cm³/mol. The smallest absolute Gasteiger partial charge is 0.229 e. The van der Waals surface area contributed by atoms with Crippen molar-refractivity contribution < 1.29 is 0 Å². The summed E-state index contributed by atoms with van der Waals surface area (Å²) in [6.45, 7) is 3.27. The van der Waals surface area contributed by atoms with Crippen molar-refractivity contribution in [3.05, 3.63) is 24.7 Å². The van der Waals surface area contributed by atoms with Crippen molar-refractivity contribution in [1.29, 1.82) is 0 Å². The molecule has 2 saturated heterocycles. The number of hydrogen-bond acceptors (Lipinski definition) is 6. The molecule has 2 fully saturated rings. The second kappa shape index (κ2) is 13.0. The average molecular weight is 462 g/mol. The van der Waals surface area contributed by atoms with Crippen LogP contribution in [-0.4, -0.2) is 45.4 Å². The van der Waals surface area contributed by atoms with Crippen LogP contribution in [0.3, 0.4) is 0 Å². The third kappa shape index (κ3) is 7.62. The Kier molecular flexibility index (Phi) is 10.1. The number of rotatable bonds is 3. The van der Waals surface area contributed by atoms with Crippen LogP contribution in [0.15, 0.2) is 24.7 Å². The highest BCUT2D eigenvalue weighted by atomic mass is 35.5. The minimum Gasteiger partial charge on any atom is -0.355 e. The highest BCUT2D eigenvalue weighted by Gasteiger charge is 2.25. The molecule has 2 N–H and O–H groups in total. The average Bonchev–Trinajstić information content (AvgIpc) is 3.06. The van der Waals surface area contributed by atoms with Gasteiger partial charge in [0, 0.05) is 38.6 Å². The van der Waals surface area contributed by atoms with Gasteiger partial charge in [0.25, 0.3) is 0 Å². The summed E-state index contributed by atoms with van der Waals surface area (Å²) < 4.78 is 1.78. The Morgan fingerprint density at radius 1 is 0.969 bits per heavy atom. The minimum absolute atomic E-state index is 0. The zero-order chi connectivity index (χ0) is 21.3. The molecule has 178 valence electrons. The number of halogens is 1. The molecule has 8 heteroatoms. The van der Waals surface area contributed by atoms with Crippen molar-refractivity contribution in [2.75, 3.05) is 29.9 Å². The van der Waals surface area contributed by atoms with E-state index in [2.05, 4.69) is 31.7 Å². The first-order chi connectivity index (χ1) is 15.3. The molecule has 0 aliphatic carbocycles. The summed E-state index contributed by atoms with van der Waals surface area (Å²) >= 11 is 0. The third-order valence-corrected chi connectivity index (χ3v) is 6.74. The molecular weight excluding hydrogens is 422 g/mol. The third-order valence-electron chi connectivity index (χ3n) is 6.74. The fourth-order valence-corrected chi connectivity index (χ4v) is 4.99. The predicted octanol–water partition coefficient (Wildman–Crippen LogP) is 5.07. The van der Waals surface area contributed by atoms with Crippen molar-refractivity contribution in [1.82, 2.24) is 25.1 Å². The van der Waals surface area contributed by atoms with Gasteiger partial charge < -0.3 is 15.5 Å². The zero-order valence-corrected chi connectivity index (χ0v) is 20.3. The van der Waals surface area contributed by atoms with Crippen molar-refractivity contribution in [2.24, 2.45) is 13.0 Å². The van der Waals surface area contributed by atoms with Gasteiger partial charge in [-0.1, -0.05) is 44.9 Å². The van der Waals surface area contributed by atoms with Gasteiger partial charge in [-0.25, -0.2) is 4.98 Å². The molecule has 0 aromatic carbocycles. The number of aromatic nitrogens is 4. The van der Waals surface area contributed by atoms with Gasteiger partial charge in [-0.15, -0.1) is 12.4 Å². The summed E-state index contributed by atoms with van der Waals surface area (Å²) in [6, 6.07) is 2.60. The van der Waals surface area contributed by atoms with Crippen LogP contribution in [0.1, 0.15) is 70.6 Å². The van der Waals surface area contributed by atoms with Gasteiger partial charge in [0.2, 0.25) is 5.95 Å². The van der Waals surface area contributed by atoms with E-state index in [1.54, 1.807) is 10.9 Å². The van der Waals surface area contributed by atoms with Crippen molar-refractivity contribution in [3.8, 4) is 0 Å². The van der Waals surface area contributed by atoms with Crippen molar-refractivity contribution in [3.63, 3.8) is 0 Å². The van der Waals surface area contributed by atoms with Crippen molar-refractivity contribution >= 4 is 29.9 Å². The molecule has 0 radical (unpaired) electrons. The molecule has 2 aromatic heterocycles. The van der Waals surface area contributed by atoms with Gasteiger partial charge in [-0.05, 0) is 44.2 Å². The number of fused-ring (bicyclic) bond motifs is 3. The van der Waals surface area contributed by atoms with E-state index in [1.165, 1.54) is 70.6 Å². The van der Waals surface area contributed by atoms with Gasteiger partial charge in [0.1, 0.15) is 5.82 Å². The lowest BCUT2D eigenvalue weighted by Gasteiger charge is -2.28. The van der Waals surface area contributed by atoms with Crippen LogP contribution in [0.25, 0.3) is 0 Å². The van der Waals surface area contributed by atoms with E-state index < -0.39 is 0 Å². The number of aryl methyl sites for hydroxylation is 1. The molecular formula is C24H40ClN7. The topological polar surface area (TPSA) is 70.9 Å². The van der Waals surface area contributed by atoms with Gasteiger partial charge in [-0.3, -0.25) is 4.68 Å². The molecule has 2 aliphatic heterocycles. The maximum absolute atomic E-state index is 4.87. The molecule has 0 unspecified atom stereocenters. The van der Waals surface area contributed by atoms with E-state index in [4.69, 9.17) is 4.98 Å². The zero-order valence-electron chi connectivity index (χ0n) is 19.5. The van der Waals surface area contributed by atoms with Crippen molar-refractivity contribution in [2.45, 2.75) is 76.7 Å². The van der Waals surface area contributed by atoms with Gasteiger partial charge in [0.15, 0.2) is 0 Å². The Labute approximate surface area is 199 Å². The van der Waals surface area contributed by atoms with E-state index in [0.29, 0.717) is 12.0 Å². The summed E-state index contributed by atoms with van der Waals surface area (Å²) in [6.07, 6.45) is 20.6. The first-order valence-corrected chi connectivity index (χ1v) is 12.3. The molecule has 32 heavy (non-hydrogen) atoms. The SMILES string of the molecule is Cl.Cn1cc(Nc2nccc(N3C[C@H]4CCCCCCCCCCN[C@H](CC4)C3)n2)cn1. The van der Waals surface area contributed by atoms with Crippen LogP contribution in [0.5, 0.6) is 0 Å². The maximum atomic E-state index is 4.87. The molecule has 7 nitrogen and oxygen atoms in total. The lowest BCUT2D eigenvalue weighted by Crippen LogP contribution is -2.41. The lowest BCUT2D eigenvalue weighted by atomic mass is 9.95. The van der Waals surface area contributed by atoms with Crippen LogP contribution >= 0.6 is 12.4 Å². The number of anilines is 3. The maximum Gasteiger partial charge on any atom is 0.229 e. The molecule has 2 atom stereocenters. The lowest BCUT2D eigenvalue weighted by molar-refractivity contribution is 0.417. The fourth-order valence-electron chi connectivity index (χ4n) is 4.99. The molecule has 2 aliphatic rings. The molecule has 4 heterocycles. The monoisotopic (exact) mass is 461 g/mol. The Morgan fingerprint density at radius 2 is 1.75 bits per heavy atom. The number of nitrogens with one attached hydrogen (secondary N) is 2. The molecule has 0 spiro atoms. The minimum atomic E-state index is 0. The van der Waals surface area contributed by atoms with Crippen LogP contribution < -0.4 is 15.5 Å². The van der Waals surface area contributed by atoms with E-state index in [9.17, 15) is 0 Å². The van der Waals surface area contributed by atoms with E-state index >= 15 is 0 Å². The highest BCUT2D eigenvalue weighted by molar-refractivity contribution is 5.85. The van der Waals surface area contributed by atoms with Crippen LogP contribution in [-0.2, 0) is 7.05 Å². The number of hydrogen-bond donors (Lipinski definition) is 2.